The summed E-state index contributed by atoms with van der Waals surface area (Å²) in [5.74, 6) is 0.836. The summed E-state index contributed by atoms with van der Waals surface area (Å²) < 4.78 is 5.93. The third kappa shape index (κ3) is 4.59. The number of nitrogens with zero attached hydrogens (tertiary/aromatic N) is 2. The molecule has 5 nitrogen and oxygen atoms in total. The highest BCUT2D eigenvalue weighted by Gasteiger charge is 2.24. The van der Waals surface area contributed by atoms with Crippen LogP contribution in [0.25, 0.3) is 0 Å². The zero-order chi connectivity index (χ0) is 18.5. The van der Waals surface area contributed by atoms with Crippen LogP contribution in [0.15, 0.2) is 36.8 Å². The van der Waals surface area contributed by atoms with Crippen molar-refractivity contribution < 1.29 is 9.53 Å². The van der Waals surface area contributed by atoms with E-state index in [1.165, 1.54) is 37.7 Å². The number of piperidine rings is 1. The fourth-order valence-electron chi connectivity index (χ4n) is 4.31. The van der Waals surface area contributed by atoms with Crippen LogP contribution in [0.5, 0.6) is 0 Å². The number of aromatic amines is 1. The predicted octanol–water partition coefficient (Wildman–Crippen LogP) is 4.28. The number of ether oxygens (including phenoxy) is 1. The molecule has 27 heavy (non-hydrogen) atoms. The van der Waals surface area contributed by atoms with Gasteiger partial charge in [0.2, 0.25) is 0 Å². The van der Waals surface area contributed by atoms with Crippen LogP contribution in [0.1, 0.15) is 72.5 Å². The minimum absolute atomic E-state index is 0.150. The van der Waals surface area contributed by atoms with Gasteiger partial charge in [0.25, 0.3) is 5.91 Å². The minimum atomic E-state index is 0.150. The number of aromatic nitrogens is 2. The summed E-state index contributed by atoms with van der Waals surface area (Å²) in [5.41, 5.74) is 3.20. The van der Waals surface area contributed by atoms with Gasteiger partial charge in [-0.3, -0.25) is 4.79 Å². The number of nitrogens with one attached hydrogen (secondary N) is 1. The van der Waals surface area contributed by atoms with Crippen molar-refractivity contribution in [2.75, 3.05) is 13.1 Å². The molecule has 1 amide bonds. The number of hydrogen-bond acceptors (Lipinski definition) is 3. The van der Waals surface area contributed by atoms with Crippen LogP contribution >= 0.6 is 0 Å². The molecule has 0 unspecified atom stereocenters. The van der Waals surface area contributed by atoms with Gasteiger partial charge in [0.15, 0.2) is 0 Å². The molecule has 0 radical (unpaired) electrons. The van der Waals surface area contributed by atoms with Crippen molar-refractivity contribution >= 4 is 5.91 Å². The third-order valence-electron chi connectivity index (χ3n) is 5.99. The Balaban J connectivity index is 1.27. The van der Waals surface area contributed by atoms with Crippen molar-refractivity contribution in [1.29, 1.82) is 0 Å². The van der Waals surface area contributed by atoms with Crippen molar-refractivity contribution in [2.45, 2.75) is 63.6 Å². The number of likely N-dealkylation sites (tertiary alicyclic amines) is 1. The van der Waals surface area contributed by atoms with Crippen LogP contribution in [-0.2, 0) is 11.3 Å². The van der Waals surface area contributed by atoms with Gasteiger partial charge in [-0.2, -0.15) is 0 Å². The number of H-pyrrole nitrogens is 1. The van der Waals surface area contributed by atoms with Gasteiger partial charge in [0, 0.05) is 18.7 Å². The van der Waals surface area contributed by atoms with Crippen molar-refractivity contribution in [2.24, 2.45) is 0 Å². The highest BCUT2D eigenvalue weighted by atomic mass is 16.5. The molecular weight excluding hydrogens is 338 g/mol. The largest absolute Gasteiger partial charge is 0.372 e. The number of amides is 1. The first-order chi connectivity index (χ1) is 13.3. The van der Waals surface area contributed by atoms with Gasteiger partial charge < -0.3 is 14.6 Å². The third-order valence-corrected chi connectivity index (χ3v) is 5.99. The van der Waals surface area contributed by atoms with Gasteiger partial charge in [-0.1, -0.05) is 31.4 Å². The maximum Gasteiger partial charge on any atom is 0.253 e. The lowest BCUT2D eigenvalue weighted by Gasteiger charge is -2.32. The van der Waals surface area contributed by atoms with Crippen LogP contribution in [0, 0.1) is 0 Å². The highest BCUT2D eigenvalue weighted by Crippen LogP contribution is 2.32. The molecule has 5 heteroatoms. The molecule has 1 aliphatic carbocycles. The Bertz CT molecular complexity index is 713. The molecule has 1 saturated carbocycles. The van der Waals surface area contributed by atoms with E-state index in [1.807, 2.05) is 17.0 Å². The Labute approximate surface area is 161 Å². The lowest BCUT2D eigenvalue weighted by atomic mass is 9.84. The van der Waals surface area contributed by atoms with Gasteiger partial charge in [0.05, 0.1) is 30.9 Å². The zero-order valence-corrected chi connectivity index (χ0v) is 15.9. The molecule has 0 spiro atoms. The van der Waals surface area contributed by atoms with Gasteiger partial charge in [-0.15, -0.1) is 0 Å². The van der Waals surface area contributed by atoms with E-state index >= 15 is 0 Å². The molecule has 2 aromatic rings. The first-order valence-corrected chi connectivity index (χ1v) is 10.3. The molecule has 1 aliphatic heterocycles. The normalized spacial score (nSPS) is 19.3. The van der Waals surface area contributed by atoms with E-state index in [0.29, 0.717) is 12.5 Å². The molecule has 1 aromatic carbocycles. The van der Waals surface area contributed by atoms with Crippen LogP contribution in [0.2, 0.25) is 0 Å². The van der Waals surface area contributed by atoms with Crippen molar-refractivity contribution in [3.05, 3.63) is 53.6 Å². The van der Waals surface area contributed by atoms with E-state index in [9.17, 15) is 4.79 Å². The molecule has 0 bridgehead atoms. The number of hydrogen-bond donors (Lipinski definition) is 1. The van der Waals surface area contributed by atoms with E-state index in [2.05, 4.69) is 22.1 Å². The number of imidazole rings is 1. The van der Waals surface area contributed by atoms with E-state index < -0.39 is 0 Å². The summed E-state index contributed by atoms with van der Waals surface area (Å²) in [4.78, 5) is 21.8. The Morgan fingerprint density at radius 2 is 1.81 bits per heavy atom. The molecule has 1 aromatic heterocycles. The standard InChI is InChI=1S/C22H29N3O2/c26-22(19-8-6-18(7-9-19)17-4-2-1-3-5-17)25-12-10-21(11-13-25)27-15-20-14-23-16-24-20/h6-9,14,16-17,21H,1-5,10-13,15H2,(H,23,24). The maximum absolute atomic E-state index is 12.8. The number of carbonyl (C=O) groups is 1. The lowest BCUT2D eigenvalue weighted by Crippen LogP contribution is -2.40. The molecule has 1 N–H and O–H groups in total. The molecule has 144 valence electrons. The Kier molecular flexibility index (Phi) is 5.87. The van der Waals surface area contributed by atoms with E-state index in [0.717, 1.165) is 37.2 Å². The van der Waals surface area contributed by atoms with Gasteiger partial charge in [0.1, 0.15) is 0 Å². The predicted molar refractivity (Wildman–Crippen MR) is 105 cm³/mol. The highest BCUT2D eigenvalue weighted by molar-refractivity contribution is 5.94. The fourth-order valence-corrected chi connectivity index (χ4v) is 4.31. The summed E-state index contributed by atoms with van der Waals surface area (Å²) >= 11 is 0. The second-order valence-corrected chi connectivity index (χ2v) is 7.84. The van der Waals surface area contributed by atoms with Gasteiger partial charge >= 0.3 is 0 Å². The molecule has 4 rings (SSSR count). The fraction of sp³-hybridized carbons (Fsp3) is 0.545. The van der Waals surface area contributed by atoms with Crippen LogP contribution in [0.4, 0.5) is 0 Å². The average molecular weight is 367 g/mol. The summed E-state index contributed by atoms with van der Waals surface area (Å²) in [6.45, 7) is 2.08. The van der Waals surface area contributed by atoms with E-state index in [-0.39, 0.29) is 12.0 Å². The molecule has 2 heterocycles. The maximum atomic E-state index is 12.8. The Morgan fingerprint density at radius 1 is 1.07 bits per heavy atom. The minimum Gasteiger partial charge on any atom is -0.372 e. The number of rotatable bonds is 5. The van der Waals surface area contributed by atoms with E-state index in [1.54, 1.807) is 12.5 Å². The quantitative estimate of drug-likeness (QED) is 0.858. The molecule has 2 fully saturated rings. The molecule has 0 atom stereocenters. The van der Waals surface area contributed by atoms with Crippen LogP contribution < -0.4 is 0 Å². The second kappa shape index (κ2) is 8.70. The zero-order valence-electron chi connectivity index (χ0n) is 15.9. The van der Waals surface area contributed by atoms with Crippen LogP contribution in [0.3, 0.4) is 0 Å². The van der Waals surface area contributed by atoms with Crippen molar-refractivity contribution in [1.82, 2.24) is 14.9 Å². The smallest absolute Gasteiger partial charge is 0.253 e. The Morgan fingerprint density at radius 3 is 2.48 bits per heavy atom. The molecule has 2 aliphatic rings. The summed E-state index contributed by atoms with van der Waals surface area (Å²) in [6.07, 6.45) is 12.1. The van der Waals surface area contributed by atoms with Crippen LogP contribution in [-0.4, -0.2) is 40.0 Å². The second-order valence-electron chi connectivity index (χ2n) is 7.84. The summed E-state index contributed by atoms with van der Waals surface area (Å²) in [7, 11) is 0. The number of carbonyl (C=O) groups excluding carboxylic acids is 1. The monoisotopic (exact) mass is 367 g/mol. The van der Waals surface area contributed by atoms with Crippen molar-refractivity contribution in [3.63, 3.8) is 0 Å². The first-order valence-electron chi connectivity index (χ1n) is 10.3. The Hall–Kier alpha value is -2.14. The van der Waals surface area contributed by atoms with Gasteiger partial charge in [-0.05, 0) is 49.3 Å². The molecular formula is C22H29N3O2. The van der Waals surface area contributed by atoms with E-state index in [4.69, 9.17) is 4.74 Å². The van der Waals surface area contributed by atoms with Crippen molar-refractivity contribution in [3.8, 4) is 0 Å². The molecule has 1 saturated heterocycles. The van der Waals surface area contributed by atoms with Gasteiger partial charge in [-0.25, -0.2) is 4.98 Å². The lowest BCUT2D eigenvalue weighted by molar-refractivity contribution is -0.00149. The summed E-state index contributed by atoms with van der Waals surface area (Å²) in [5, 5.41) is 0. The first kappa shape index (κ1) is 18.2. The topological polar surface area (TPSA) is 58.2 Å². The average Bonchev–Trinajstić information content (AvgIpc) is 3.27. The summed E-state index contributed by atoms with van der Waals surface area (Å²) in [6, 6.07) is 8.38. The SMILES string of the molecule is O=C(c1ccc(C2CCCCC2)cc1)N1CCC(OCc2cnc[nH]2)CC1. The number of benzene rings is 1.